The molecule has 2 aliphatic heterocycles. The van der Waals surface area contributed by atoms with E-state index < -0.39 is 0 Å². The van der Waals surface area contributed by atoms with E-state index in [2.05, 4.69) is 27.0 Å². The second-order valence-electron chi connectivity index (χ2n) is 8.57. The smallest absolute Gasteiger partial charge is 0.226 e. The molecule has 0 radical (unpaired) electrons. The van der Waals surface area contributed by atoms with Gasteiger partial charge in [0.15, 0.2) is 0 Å². The van der Waals surface area contributed by atoms with Gasteiger partial charge in [0.1, 0.15) is 17.1 Å². The van der Waals surface area contributed by atoms with Gasteiger partial charge in [-0.25, -0.2) is 14.6 Å². The molecule has 5 rings (SSSR count). The van der Waals surface area contributed by atoms with Gasteiger partial charge in [-0.3, -0.25) is 4.90 Å². The fourth-order valence-corrected chi connectivity index (χ4v) is 5.10. The lowest BCUT2D eigenvalue weighted by atomic mass is 10.0. The topological polar surface area (TPSA) is 80.4 Å². The summed E-state index contributed by atoms with van der Waals surface area (Å²) in [7, 11) is 0. The summed E-state index contributed by atoms with van der Waals surface area (Å²) in [5.74, 6) is 1.70. The molecule has 0 aliphatic carbocycles. The Hall–Kier alpha value is -2.74. The predicted molar refractivity (Wildman–Crippen MR) is 118 cm³/mol. The Bertz CT molecular complexity index is 1060. The van der Waals surface area contributed by atoms with Crippen molar-refractivity contribution in [2.75, 3.05) is 31.1 Å². The zero-order valence-electron chi connectivity index (χ0n) is 18.5. The minimum absolute atomic E-state index is 0.335. The van der Waals surface area contributed by atoms with Crippen molar-refractivity contribution in [1.29, 1.82) is 0 Å². The number of benzene rings is 1. The van der Waals surface area contributed by atoms with Crippen LogP contribution < -0.4 is 9.64 Å². The minimum atomic E-state index is 0.335. The van der Waals surface area contributed by atoms with Crippen LogP contribution >= 0.6 is 0 Å². The van der Waals surface area contributed by atoms with Gasteiger partial charge in [0.25, 0.3) is 0 Å². The monoisotopic (exact) mass is 422 g/mol. The second kappa shape index (κ2) is 8.42. The molecule has 1 unspecified atom stereocenters. The summed E-state index contributed by atoms with van der Waals surface area (Å²) < 4.78 is 10.6. The molecule has 1 aromatic carbocycles. The molecule has 0 spiro atoms. The Balaban J connectivity index is 1.29. The number of piperidine rings is 1. The molecule has 2 saturated heterocycles. The van der Waals surface area contributed by atoms with Gasteiger partial charge in [-0.15, -0.1) is 0 Å². The van der Waals surface area contributed by atoms with Crippen LogP contribution in [-0.2, 0) is 0 Å². The Morgan fingerprint density at radius 2 is 1.87 bits per heavy atom. The molecule has 0 saturated carbocycles. The lowest BCUT2D eigenvalue weighted by Crippen LogP contribution is -2.45. The van der Waals surface area contributed by atoms with Gasteiger partial charge in [-0.1, -0.05) is 10.3 Å². The first-order valence-electron chi connectivity index (χ1n) is 11.3. The average molecular weight is 423 g/mol. The molecule has 1 atom stereocenters. The summed E-state index contributed by atoms with van der Waals surface area (Å²) in [5.41, 5.74) is 3.90. The fraction of sp³-hybridized carbons (Fsp3) is 0.565. The number of rotatable bonds is 5. The van der Waals surface area contributed by atoms with Gasteiger partial charge in [0.2, 0.25) is 5.95 Å². The number of likely N-dealkylation sites (tertiary alicyclic amines) is 1. The number of aryl methyl sites for hydroxylation is 2. The first-order valence-corrected chi connectivity index (χ1v) is 11.3. The first kappa shape index (κ1) is 20.2. The number of fused-ring (bicyclic) bond motifs is 1. The Morgan fingerprint density at radius 3 is 2.61 bits per heavy atom. The molecule has 0 amide bonds. The van der Waals surface area contributed by atoms with Crippen LogP contribution in [0.1, 0.15) is 55.7 Å². The standard InChI is InChI=1S/C23H30N6O2/c1-4-30-18-7-8-20-19(14-18)15(2)24-23(25-20)28-12-9-17(10-13-28)29-11-5-6-21(29)22-16(3)26-31-27-22/h7-8,14,17,21H,4-6,9-13H2,1-3H3. The molecule has 8 heteroatoms. The molecule has 2 aromatic heterocycles. The third-order valence-corrected chi connectivity index (χ3v) is 6.67. The summed E-state index contributed by atoms with van der Waals surface area (Å²) in [6, 6.07) is 6.95. The van der Waals surface area contributed by atoms with Gasteiger partial charge >= 0.3 is 0 Å². The SMILES string of the molecule is CCOc1ccc2nc(N3CCC(N4CCCC4c4nonc4C)CC3)nc(C)c2c1. The zero-order valence-corrected chi connectivity index (χ0v) is 18.5. The van der Waals surface area contributed by atoms with Crippen molar-refractivity contribution in [3.05, 3.63) is 35.3 Å². The lowest BCUT2D eigenvalue weighted by molar-refractivity contribution is 0.148. The zero-order chi connectivity index (χ0) is 21.4. The van der Waals surface area contributed by atoms with Crippen LogP contribution in [0, 0.1) is 13.8 Å². The van der Waals surface area contributed by atoms with Crippen molar-refractivity contribution in [3.63, 3.8) is 0 Å². The number of anilines is 1. The van der Waals surface area contributed by atoms with Crippen molar-refractivity contribution in [2.24, 2.45) is 0 Å². The fourth-order valence-electron chi connectivity index (χ4n) is 5.10. The van der Waals surface area contributed by atoms with Crippen LogP contribution in [0.3, 0.4) is 0 Å². The quantitative estimate of drug-likeness (QED) is 0.614. The number of nitrogens with zero attached hydrogens (tertiary/aromatic N) is 6. The Labute approximate surface area is 182 Å². The maximum absolute atomic E-state index is 5.63. The molecule has 3 aromatic rings. The molecule has 2 fully saturated rings. The van der Waals surface area contributed by atoms with E-state index in [1.54, 1.807) is 0 Å². The Morgan fingerprint density at radius 1 is 1.03 bits per heavy atom. The molecular formula is C23H30N6O2. The summed E-state index contributed by atoms with van der Waals surface area (Å²) >= 11 is 0. The van der Waals surface area contributed by atoms with Crippen molar-refractivity contribution in [3.8, 4) is 5.75 Å². The van der Waals surface area contributed by atoms with E-state index in [0.29, 0.717) is 18.7 Å². The number of ether oxygens (including phenoxy) is 1. The van der Waals surface area contributed by atoms with Crippen LogP contribution in [0.2, 0.25) is 0 Å². The summed E-state index contributed by atoms with van der Waals surface area (Å²) in [5, 5.41) is 9.25. The van der Waals surface area contributed by atoms with Gasteiger partial charge < -0.3 is 9.64 Å². The number of hydrogen-bond donors (Lipinski definition) is 0. The maximum atomic E-state index is 5.63. The van der Waals surface area contributed by atoms with Gasteiger partial charge in [-0.2, -0.15) is 0 Å². The third-order valence-electron chi connectivity index (χ3n) is 6.67. The molecular weight excluding hydrogens is 392 g/mol. The molecule has 164 valence electrons. The summed E-state index contributed by atoms with van der Waals surface area (Å²) in [4.78, 5) is 14.6. The van der Waals surface area contributed by atoms with E-state index in [-0.39, 0.29) is 0 Å². The summed E-state index contributed by atoms with van der Waals surface area (Å²) in [6.45, 7) is 9.74. The largest absolute Gasteiger partial charge is 0.494 e. The van der Waals surface area contributed by atoms with E-state index in [0.717, 1.165) is 78.6 Å². The van der Waals surface area contributed by atoms with Crippen molar-refractivity contribution in [2.45, 2.75) is 58.5 Å². The highest BCUT2D eigenvalue weighted by atomic mass is 16.6. The molecule has 31 heavy (non-hydrogen) atoms. The third kappa shape index (κ3) is 3.84. The van der Waals surface area contributed by atoms with E-state index in [1.807, 2.05) is 32.0 Å². The van der Waals surface area contributed by atoms with Crippen LogP contribution in [-0.4, -0.2) is 57.5 Å². The van der Waals surface area contributed by atoms with Gasteiger partial charge in [-0.05, 0) is 71.2 Å². The first-order chi connectivity index (χ1) is 15.1. The van der Waals surface area contributed by atoms with Crippen LogP contribution in [0.25, 0.3) is 10.9 Å². The lowest BCUT2D eigenvalue weighted by Gasteiger charge is -2.39. The van der Waals surface area contributed by atoms with Crippen LogP contribution in [0.4, 0.5) is 5.95 Å². The second-order valence-corrected chi connectivity index (χ2v) is 8.57. The van der Waals surface area contributed by atoms with E-state index in [9.17, 15) is 0 Å². The van der Waals surface area contributed by atoms with Crippen molar-refractivity contribution >= 4 is 16.9 Å². The van der Waals surface area contributed by atoms with Gasteiger partial charge in [0.05, 0.1) is 23.9 Å². The Kier molecular flexibility index (Phi) is 5.48. The number of hydrogen-bond acceptors (Lipinski definition) is 8. The average Bonchev–Trinajstić information content (AvgIpc) is 3.43. The maximum Gasteiger partial charge on any atom is 0.226 e. The summed E-state index contributed by atoms with van der Waals surface area (Å²) in [6.07, 6.45) is 4.54. The number of aromatic nitrogens is 4. The van der Waals surface area contributed by atoms with E-state index in [1.165, 1.54) is 6.42 Å². The van der Waals surface area contributed by atoms with Crippen LogP contribution in [0.15, 0.2) is 22.8 Å². The minimum Gasteiger partial charge on any atom is -0.494 e. The molecule has 0 bridgehead atoms. The highest BCUT2D eigenvalue weighted by Gasteiger charge is 2.36. The van der Waals surface area contributed by atoms with Crippen molar-refractivity contribution < 1.29 is 9.37 Å². The molecule has 4 heterocycles. The molecule has 2 aliphatic rings. The normalized spacial score (nSPS) is 20.6. The highest BCUT2D eigenvalue weighted by Crippen LogP contribution is 2.36. The van der Waals surface area contributed by atoms with Gasteiger partial charge in [0, 0.05) is 24.5 Å². The van der Waals surface area contributed by atoms with Crippen LogP contribution in [0.5, 0.6) is 5.75 Å². The van der Waals surface area contributed by atoms with Crippen molar-refractivity contribution in [1.82, 2.24) is 25.2 Å². The van der Waals surface area contributed by atoms with E-state index in [4.69, 9.17) is 19.3 Å². The molecule has 8 nitrogen and oxygen atoms in total. The van der Waals surface area contributed by atoms with E-state index >= 15 is 0 Å². The highest BCUT2D eigenvalue weighted by molar-refractivity contribution is 5.83. The predicted octanol–water partition coefficient (Wildman–Crippen LogP) is 3.83. The molecule has 0 N–H and O–H groups in total.